The average molecular weight is 248 g/mol. The predicted octanol–water partition coefficient (Wildman–Crippen LogP) is 1.08. The number of imidazole rings is 1. The molecule has 0 aromatic carbocycles. The fraction of sp³-hybridized carbons (Fsp3) is 0.400. The molecule has 0 saturated heterocycles. The van der Waals surface area contributed by atoms with Gasteiger partial charge in [0.2, 0.25) is 0 Å². The molecule has 2 rings (SSSR count). The van der Waals surface area contributed by atoms with Gasteiger partial charge in [0.25, 0.3) is 0 Å². The third-order valence-corrected chi connectivity index (χ3v) is 3.30. The molecule has 0 aliphatic heterocycles. The van der Waals surface area contributed by atoms with Gasteiger partial charge in [-0.15, -0.1) is 11.8 Å². The highest BCUT2D eigenvalue weighted by Gasteiger charge is 2.17. The number of aromatic amines is 1. The average Bonchev–Trinajstić information content (AvgIpc) is 2.78. The lowest BCUT2D eigenvalue weighted by molar-refractivity contribution is 0.583. The minimum absolute atomic E-state index is 0.605. The number of rotatable bonds is 4. The van der Waals surface area contributed by atoms with Crippen molar-refractivity contribution in [2.24, 2.45) is 5.73 Å². The molecule has 2 aromatic heterocycles. The largest absolute Gasteiger partial charge is 0.341 e. The van der Waals surface area contributed by atoms with Gasteiger partial charge in [0.15, 0.2) is 5.65 Å². The highest BCUT2D eigenvalue weighted by molar-refractivity contribution is 7.99. The molecule has 0 spiro atoms. The summed E-state index contributed by atoms with van der Waals surface area (Å²) in [5, 5.41) is 9.64. The summed E-state index contributed by atoms with van der Waals surface area (Å²) in [6.07, 6.45) is 3.68. The summed E-state index contributed by atoms with van der Waals surface area (Å²) in [6, 6.07) is 2.07. The van der Waals surface area contributed by atoms with E-state index in [1.54, 1.807) is 25.0 Å². The van der Waals surface area contributed by atoms with Gasteiger partial charge >= 0.3 is 0 Å². The van der Waals surface area contributed by atoms with Crippen LogP contribution < -0.4 is 5.73 Å². The lowest BCUT2D eigenvalue weighted by Crippen LogP contribution is -2.34. The number of hydrogen-bond donors (Lipinski definition) is 2. The fourth-order valence-corrected chi connectivity index (χ4v) is 2.40. The maximum atomic E-state index is 8.80. The van der Waals surface area contributed by atoms with Crippen LogP contribution in [0, 0.1) is 11.3 Å². The van der Waals surface area contributed by atoms with Crippen molar-refractivity contribution in [3.8, 4) is 6.07 Å². The smallest absolute Gasteiger partial charge is 0.181 e. The van der Waals surface area contributed by atoms with E-state index >= 15 is 0 Å². The second-order valence-corrected chi connectivity index (χ2v) is 4.99. The van der Waals surface area contributed by atoms with Gasteiger partial charge in [-0.3, -0.25) is 0 Å². The summed E-state index contributed by atoms with van der Waals surface area (Å²) in [7, 11) is 0. The summed E-state index contributed by atoms with van der Waals surface area (Å²) >= 11 is 1.54. The van der Waals surface area contributed by atoms with Gasteiger partial charge in [-0.1, -0.05) is 0 Å². The Kier molecular flexibility index (Phi) is 3.26. The molecule has 1 atom stereocenters. The number of H-pyrrole nitrogens is 1. The first kappa shape index (κ1) is 11.8. The van der Waals surface area contributed by atoms with Crippen LogP contribution in [0.25, 0.3) is 11.2 Å². The molecular formula is C10H12N6S. The number of aromatic nitrogens is 4. The van der Waals surface area contributed by atoms with Crippen molar-refractivity contribution in [1.29, 1.82) is 5.26 Å². The Morgan fingerprint density at radius 1 is 1.53 bits per heavy atom. The number of nitrogens with one attached hydrogen (secondary N) is 1. The zero-order valence-corrected chi connectivity index (χ0v) is 10.2. The second kappa shape index (κ2) is 4.69. The van der Waals surface area contributed by atoms with Crippen molar-refractivity contribution >= 4 is 22.9 Å². The molecule has 0 aliphatic carbocycles. The predicted molar refractivity (Wildman–Crippen MR) is 65.2 cm³/mol. The van der Waals surface area contributed by atoms with Crippen molar-refractivity contribution in [2.45, 2.75) is 23.9 Å². The molecule has 88 valence electrons. The van der Waals surface area contributed by atoms with Crippen LogP contribution in [0.4, 0.5) is 0 Å². The molecule has 1 unspecified atom stereocenters. The fourth-order valence-electron chi connectivity index (χ4n) is 1.27. The summed E-state index contributed by atoms with van der Waals surface area (Å²) < 4.78 is 0. The van der Waals surface area contributed by atoms with E-state index in [9.17, 15) is 0 Å². The highest BCUT2D eigenvalue weighted by Crippen LogP contribution is 2.23. The number of fused-ring (bicyclic) bond motifs is 1. The van der Waals surface area contributed by atoms with Gasteiger partial charge in [-0.2, -0.15) is 5.26 Å². The van der Waals surface area contributed by atoms with Gasteiger partial charge in [0, 0.05) is 5.75 Å². The van der Waals surface area contributed by atoms with Crippen LogP contribution >= 0.6 is 11.8 Å². The lowest BCUT2D eigenvalue weighted by Gasteiger charge is -2.13. The van der Waals surface area contributed by atoms with E-state index in [0.29, 0.717) is 12.1 Å². The molecule has 17 heavy (non-hydrogen) atoms. The molecule has 7 heteroatoms. The van der Waals surface area contributed by atoms with Crippen LogP contribution in [0.2, 0.25) is 0 Å². The first-order chi connectivity index (χ1) is 8.12. The minimum Gasteiger partial charge on any atom is -0.341 e. The Labute approximate surface area is 103 Å². The van der Waals surface area contributed by atoms with E-state index in [0.717, 1.165) is 16.3 Å². The summed E-state index contributed by atoms with van der Waals surface area (Å²) in [5.74, 6) is 0.728. The standard InChI is InChI=1S/C10H12N6S/c1-10(12,4-11)2-3-17-9-7-8(14-5-13-7)15-6-16-9/h5-6H,2-3,12H2,1H3,(H,13,14,15,16). The molecule has 0 aliphatic rings. The lowest BCUT2D eigenvalue weighted by atomic mass is 10.0. The summed E-state index contributed by atoms with van der Waals surface area (Å²) in [4.78, 5) is 15.3. The zero-order chi connectivity index (χ0) is 12.3. The Bertz CT molecular complexity index is 555. The van der Waals surface area contributed by atoms with E-state index < -0.39 is 5.54 Å². The number of nitriles is 1. The highest BCUT2D eigenvalue weighted by atomic mass is 32.2. The van der Waals surface area contributed by atoms with Crippen molar-refractivity contribution in [2.75, 3.05) is 5.75 Å². The van der Waals surface area contributed by atoms with E-state index in [4.69, 9.17) is 11.0 Å². The topological polar surface area (TPSA) is 104 Å². The van der Waals surface area contributed by atoms with Gasteiger partial charge in [-0.05, 0) is 13.3 Å². The summed E-state index contributed by atoms with van der Waals surface area (Å²) in [5.41, 5.74) is 6.44. The molecule has 2 aromatic rings. The molecule has 6 nitrogen and oxygen atoms in total. The Balaban J connectivity index is 2.05. The third-order valence-electron chi connectivity index (χ3n) is 2.30. The van der Waals surface area contributed by atoms with Gasteiger partial charge in [0.05, 0.1) is 12.4 Å². The first-order valence-corrected chi connectivity index (χ1v) is 6.08. The van der Waals surface area contributed by atoms with Crippen LogP contribution in [-0.2, 0) is 0 Å². The van der Waals surface area contributed by atoms with Crippen LogP contribution in [0.5, 0.6) is 0 Å². The van der Waals surface area contributed by atoms with Crippen LogP contribution in [0.15, 0.2) is 17.7 Å². The second-order valence-electron chi connectivity index (χ2n) is 3.91. The van der Waals surface area contributed by atoms with Crippen LogP contribution in [0.3, 0.4) is 0 Å². The molecule has 0 amide bonds. The maximum Gasteiger partial charge on any atom is 0.181 e. The Morgan fingerprint density at radius 2 is 2.35 bits per heavy atom. The Morgan fingerprint density at radius 3 is 3.12 bits per heavy atom. The molecule has 0 saturated carbocycles. The first-order valence-electron chi connectivity index (χ1n) is 5.09. The minimum atomic E-state index is -0.785. The van der Waals surface area contributed by atoms with Gasteiger partial charge < -0.3 is 10.7 Å². The number of nitrogens with two attached hydrogens (primary N) is 1. The quantitative estimate of drug-likeness (QED) is 0.619. The number of thioether (sulfide) groups is 1. The normalized spacial score (nSPS) is 14.4. The number of hydrogen-bond acceptors (Lipinski definition) is 6. The SMILES string of the molecule is CC(N)(C#N)CCSc1ncnc2nc[nH]c12. The molecule has 0 radical (unpaired) electrons. The Hall–Kier alpha value is -1.65. The maximum absolute atomic E-state index is 8.80. The van der Waals surface area contributed by atoms with Crippen molar-refractivity contribution in [1.82, 2.24) is 19.9 Å². The molecule has 0 fully saturated rings. The third kappa shape index (κ3) is 2.72. The zero-order valence-electron chi connectivity index (χ0n) is 9.34. The van der Waals surface area contributed by atoms with Crippen molar-refractivity contribution < 1.29 is 0 Å². The number of nitrogens with zero attached hydrogens (tertiary/aromatic N) is 4. The van der Waals surface area contributed by atoms with E-state index in [1.807, 2.05) is 0 Å². The van der Waals surface area contributed by atoms with Crippen LogP contribution in [-0.4, -0.2) is 31.2 Å². The van der Waals surface area contributed by atoms with Gasteiger partial charge in [0.1, 0.15) is 22.4 Å². The van der Waals surface area contributed by atoms with E-state index in [2.05, 4.69) is 26.0 Å². The molecular weight excluding hydrogens is 236 g/mol. The monoisotopic (exact) mass is 248 g/mol. The molecule has 3 N–H and O–H groups in total. The summed E-state index contributed by atoms with van der Waals surface area (Å²) in [6.45, 7) is 1.72. The van der Waals surface area contributed by atoms with Crippen molar-refractivity contribution in [3.05, 3.63) is 12.7 Å². The van der Waals surface area contributed by atoms with E-state index in [1.165, 1.54) is 6.33 Å². The molecule has 0 bridgehead atoms. The van der Waals surface area contributed by atoms with Crippen molar-refractivity contribution in [3.63, 3.8) is 0 Å². The van der Waals surface area contributed by atoms with Gasteiger partial charge in [-0.25, -0.2) is 15.0 Å². The molecule has 2 heterocycles. The van der Waals surface area contributed by atoms with E-state index in [-0.39, 0.29) is 0 Å². The van der Waals surface area contributed by atoms with Crippen LogP contribution in [0.1, 0.15) is 13.3 Å².